The second-order valence-electron chi connectivity index (χ2n) is 2.79. The van der Waals surface area contributed by atoms with Gasteiger partial charge >= 0.3 is 5.97 Å². The fourth-order valence-corrected chi connectivity index (χ4v) is 2.66. The number of halogens is 1. The first-order valence-electron chi connectivity index (χ1n) is 3.92. The molecule has 0 saturated carbocycles. The molecule has 0 unspecified atom stereocenters. The van der Waals surface area contributed by atoms with Crippen molar-refractivity contribution in [2.24, 2.45) is 0 Å². The van der Waals surface area contributed by atoms with Crippen molar-refractivity contribution in [3.63, 3.8) is 0 Å². The molecule has 2 rings (SSSR count). The molecule has 0 radical (unpaired) electrons. The predicted octanol–water partition coefficient (Wildman–Crippen LogP) is 2.69. The summed E-state index contributed by atoms with van der Waals surface area (Å²) < 4.78 is 1.99. The smallest absolute Gasteiger partial charge is 0.310 e. The minimum absolute atomic E-state index is 0.00301. The van der Waals surface area contributed by atoms with Gasteiger partial charge in [-0.1, -0.05) is 15.9 Å². The van der Waals surface area contributed by atoms with Crippen molar-refractivity contribution in [3.05, 3.63) is 27.7 Å². The Balaban J connectivity index is 2.46. The Morgan fingerprint density at radius 2 is 2.36 bits per heavy atom. The second kappa shape index (κ2) is 3.67. The van der Waals surface area contributed by atoms with E-state index in [1.54, 1.807) is 0 Å². The summed E-state index contributed by atoms with van der Waals surface area (Å²) in [6.07, 6.45) is -0.00301. The maximum absolute atomic E-state index is 10.5. The Labute approximate surface area is 92.5 Å². The van der Waals surface area contributed by atoms with Crippen LogP contribution < -0.4 is 0 Å². The first-order chi connectivity index (χ1) is 6.65. The predicted molar refractivity (Wildman–Crippen MR) is 58.7 cm³/mol. The molecule has 0 fully saturated rings. The molecular weight excluding hydrogens is 266 g/mol. The first kappa shape index (κ1) is 9.61. The van der Waals surface area contributed by atoms with Gasteiger partial charge in [-0.25, -0.2) is 4.98 Å². The van der Waals surface area contributed by atoms with E-state index in [-0.39, 0.29) is 6.42 Å². The Bertz CT molecular complexity index is 495. The van der Waals surface area contributed by atoms with Gasteiger partial charge in [0.2, 0.25) is 0 Å². The molecule has 0 amide bonds. The number of aromatic nitrogens is 1. The Morgan fingerprint density at radius 1 is 1.57 bits per heavy atom. The minimum atomic E-state index is -0.844. The maximum atomic E-state index is 10.5. The summed E-state index contributed by atoms with van der Waals surface area (Å²) in [5.74, 6) is -0.844. The van der Waals surface area contributed by atoms with E-state index in [1.807, 2.05) is 18.2 Å². The maximum Gasteiger partial charge on any atom is 0.310 e. The second-order valence-corrected chi connectivity index (χ2v) is 4.82. The zero-order chi connectivity index (χ0) is 10.1. The lowest BCUT2D eigenvalue weighted by molar-refractivity contribution is -0.136. The molecular formula is C9H6BrNO2S. The number of benzene rings is 1. The van der Waals surface area contributed by atoms with Crippen LogP contribution in [0.1, 0.15) is 5.01 Å². The van der Waals surface area contributed by atoms with Crippen molar-refractivity contribution in [2.75, 3.05) is 0 Å². The van der Waals surface area contributed by atoms with Crippen molar-refractivity contribution < 1.29 is 9.90 Å². The highest BCUT2D eigenvalue weighted by atomic mass is 79.9. The highest BCUT2D eigenvalue weighted by Crippen LogP contribution is 2.25. The Morgan fingerprint density at radius 3 is 3.07 bits per heavy atom. The van der Waals surface area contributed by atoms with E-state index in [9.17, 15) is 4.79 Å². The summed E-state index contributed by atoms with van der Waals surface area (Å²) in [6.45, 7) is 0. The summed E-state index contributed by atoms with van der Waals surface area (Å²) in [5.41, 5.74) is 0.856. The van der Waals surface area contributed by atoms with Gasteiger partial charge in [0, 0.05) is 4.47 Å². The quantitative estimate of drug-likeness (QED) is 0.914. The Kier molecular flexibility index (Phi) is 2.52. The molecule has 0 aliphatic rings. The monoisotopic (exact) mass is 271 g/mol. The van der Waals surface area contributed by atoms with Crippen LogP contribution in [0.3, 0.4) is 0 Å². The van der Waals surface area contributed by atoms with E-state index >= 15 is 0 Å². The summed E-state index contributed by atoms with van der Waals surface area (Å²) >= 11 is 4.77. The van der Waals surface area contributed by atoms with Gasteiger partial charge in [0.15, 0.2) is 0 Å². The average Bonchev–Trinajstić information content (AvgIpc) is 2.44. The molecule has 5 heteroatoms. The molecule has 1 N–H and O–H groups in total. The third-order valence-electron chi connectivity index (χ3n) is 1.70. The zero-order valence-electron chi connectivity index (χ0n) is 7.03. The van der Waals surface area contributed by atoms with Gasteiger partial charge in [-0.2, -0.15) is 0 Å². The average molecular weight is 272 g/mol. The van der Waals surface area contributed by atoms with Crippen molar-refractivity contribution >= 4 is 43.5 Å². The third kappa shape index (κ3) is 1.93. The molecule has 1 aromatic heterocycles. The first-order valence-corrected chi connectivity index (χ1v) is 5.53. The number of carboxylic acids is 1. The van der Waals surface area contributed by atoms with Gasteiger partial charge in [-0.15, -0.1) is 11.3 Å². The lowest BCUT2D eigenvalue weighted by Crippen LogP contribution is -1.98. The largest absolute Gasteiger partial charge is 0.481 e. The van der Waals surface area contributed by atoms with Crippen LogP contribution in [0, 0.1) is 0 Å². The van der Waals surface area contributed by atoms with Crippen LogP contribution in [0.2, 0.25) is 0 Å². The highest BCUT2D eigenvalue weighted by Gasteiger charge is 2.07. The van der Waals surface area contributed by atoms with Crippen LogP contribution in [0.15, 0.2) is 22.7 Å². The summed E-state index contributed by atoms with van der Waals surface area (Å²) in [5, 5.41) is 9.25. The molecule has 0 spiro atoms. The van der Waals surface area contributed by atoms with E-state index in [0.717, 1.165) is 14.7 Å². The lowest BCUT2D eigenvalue weighted by atomic mass is 10.3. The normalized spacial score (nSPS) is 10.6. The third-order valence-corrected chi connectivity index (χ3v) is 3.21. The van der Waals surface area contributed by atoms with E-state index < -0.39 is 5.97 Å². The van der Waals surface area contributed by atoms with Crippen molar-refractivity contribution in [3.8, 4) is 0 Å². The molecule has 14 heavy (non-hydrogen) atoms. The van der Waals surface area contributed by atoms with Crippen LogP contribution in [-0.4, -0.2) is 16.1 Å². The molecule has 1 aromatic carbocycles. The van der Waals surface area contributed by atoms with Crippen LogP contribution in [0.25, 0.3) is 10.2 Å². The van der Waals surface area contributed by atoms with Crippen molar-refractivity contribution in [1.29, 1.82) is 0 Å². The fraction of sp³-hybridized carbons (Fsp3) is 0.111. The standard InChI is InChI=1S/C9H6BrNO2S/c10-5-1-2-6-7(3-5)14-8(11-6)4-9(12)13/h1-3H,4H2,(H,12,13). The summed E-state index contributed by atoms with van der Waals surface area (Å²) in [4.78, 5) is 14.7. The number of nitrogens with zero attached hydrogens (tertiary/aromatic N) is 1. The van der Waals surface area contributed by atoms with E-state index in [4.69, 9.17) is 5.11 Å². The van der Waals surface area contributed by atoms with E-state index in [1.165, 1.54) is 11.3 Å². The molecule has 0 aliphatic carbocycles. The number of fused-ring (bicyclic) bond motifs is 1. The van der Waals surface area contributed by atoms with Gasteiger partial charge in [-0.3, -0.25) is 4.79 Å². The fourth-order valence-electron chi connectivity index (χ4n) is 1.15. The minimum Gasteiger partial charge on any atom is -0.481 e. The van der Waals surface area contributed by atoms with Gasteiger partial charge in [-0.05, 0) is 18.2 Å². The number of carboxylic acid groups (broad SMARTS) is 1. The molecule has 0 atom stereocenters. The van der Waals surface area contributed by atoms with Gasteiger partial charge in [0.05, 0.1) is 16.6 Å². The number of hydrogen-bond acceptors (Lipinski definition) is 3. The molecule has 0 bridgehead atoms. The topological polar surface area (TPSA) is 50.2 Å². The lowest BCUT2D eigenvalue weighted by Gasteiger charge is -1.86. The Hall–Kier alpha value is -0.940. The van der Waals surface area contributed by atoms with Gasteiger partial charge in [0.1, 0.15) is 5.01 Å². The SMILES string of the molecule is O=C(O)Cc1nc2ccc(Br)cc2s1. The van der Waals surface area contributed by atoms with Crippen LogP contribution in [0.4, 0.5) is 0 Å². The van der Waals surface area contributed by atoms with Crippen LogP contribution >= 0.6 is 27.3 Å². The number of hydrogen-bond donors (Lipinski definition) is 1. The molecule has 0 aliphatic heterocycles. The number of rotatable bonds is 2. The number of aliphatic carboxylic acids is 1. The van der Waals surface area contributed by atoms with Crippen LogP contribution in [0.5, 0.6) is 0 Å². The van der Waals surface area contributed by atoms with E-state index in [0.29, 0.717) is 5.01 Å². The zero-order valence-corrected chi connectivity index (χ0v) is 9.43. The molecule has 0 saturated heterocycles. The highest BCUT2D eigenvalue weighted by molar-refractivity contribution is 9.10. The van der Waals surface area contributed by atoms with Crippen LogP contribution in [-0.2, 0) is 11.2 Å². The molecule has 2 aromatic rings. The van der Waals surface area contributed by atoms with E-state index in [2.05, 4.69) is 20.9 Å². The van der Waals surface area contributed by atoms with Crippen molar-refractivity contribution in [2.45, 2.75) is 6.42 Å². The van der Waals surface area contributed by atoms with Gasteiger partial charge < -0.3 is 5.11 Å². The summed E-state index contributed by atoms with van der Waals surface area (Å²) in [7, 11) is 0. The van der Waals surface area contributed by atoms with Gasteiger partial charge in [0.25, 0.3) is 0 Å². The van der Waals surface area contributed by atoms with Crippen molar-refractivity contribution in [1.82, 2.24) is 4.98 Å². The molecule has 72 valence electrons. The summed E-state index contributed by atoms with van der Waals surface area (Å²) in [6, 6.07) is 5.71. The number of carbonyl (C=O) groups is 1. The molecule has 1 heterocycles. The number of thiazole rings is 1. The molecule has 3 nitrogen and oxygen atoms in total.